The van der Waals surface area contributed by atoms with Crippen molar-refractivity contribution >= 4 is 17.6 Å². The van der Waals surface area contributed by atoms with Crippen molar-refractivity contribution in [2.24, 2.45) is 5.41 Å². The number of alkyl halides is 1. The number of nitrogens with one attached hydrogen (secondary N) is 1. The maximum absolute atomic E-state index is 11.7. The van der Waals surface area contributed by atoms with Gasteiger partial charge in [0.15, 0.2) is 4.87 Å². The number of piperidine rings is 1. The molecular formula is C11H16ClNO2. The normalized spacial score (nSPS) is 43.0. The van der Waals surface area contributed by atoms with Crippen molar-refractivity contribution in [1.29, 1.82) is 0 Å². The predicted octanol–water partition coefficient (Wildman–Crippen LogP) is 1.47. The number of hydrogen-bond donors (Lipinski definition) is 1. The predicted molar refractivity (Wildman–Crippen MR) is 58.9 cm³/mol. The quantitative estimate of drug-likeness (QED) is 0.443. The number of carbonyl (C=O) groups excluding carboxylic acids is 1. The third-order valence-electron chi connectivity index (χ3n) is 3.65. The highest BCUT2D eigenvalue weighted by molar-refractivity contribution is 6.35. The summed E-state index contributed by atoms with van der Waals surface area (Å²) in [6, 6.07) is -0.0972. The molecule has 0 saturated carbocycles. The van der Waals surface area contributed by atoms with Crippen LogP contribution in [0.25, 0.3) is 0 Å². The number of halogens is 1. The lowest BCUT2D eigenvalue weighted by atomic mass is 9.66. The Bertz CT molecular complexity index is 318. The van der Waals surface area contributed by atoms with Crippen LogP contribution in [0.4, 0.5) is 0 Å². The number of methoxy groups -OCH3 is 1. The van der Waals surface area contributed by atoms with Gasteiger partial charge in [-0.05, 0) is 12.8 Å². The molecule has 0 aromatic rings. The zero-order valence-corrected chi connectivity index (χ0v) is 9.80. The van der Waals surface area contributed by atoms with Crippen molar-refractivity contribution in [3.63, 3.8) is 0 Å². The van der Waals surface area contributed by atoms with Crippen LogP contribution < -0.4 is 5.32 Å². The number of ether oxygens (including phenoxy) is 1. The largest absolute Gasteiger partial charge is 0.468 e. The summed E-state index contributed by atoms with van der Waals surface area (Å²) in [6.07, 6.45) is 5.84. The summed E-state index contributed by atoms with van der Waals surface area (Å²) in [5.74, 6) is -0.330. The van der Waals surface area contributed by atoms with E-state index in [1.807, 2.05) is 6.08 Å². The van der Waals surface area contributed by atoms with Crippen LogP contribution in [0.2, 0.25) is 0 Å². The fourth-order valence-electron chi connectivity index (χ4n) is 2.54. The molecule has 0 aromatic heterocycles. The molecule has 3 atom stereocenters. The first-order valence-corrected chi connectivity index (χ1v) is 5.64. The van der Waals surface area contributed by atoms with Crippen LogP contribution in [0.1, 0.15) is 19.8 Å². The third kappa shape index (κ3) is 1.49. The molecule has 2 bridgehead atoms. The SMILES string of the molecule is CC[C@@]12C=C[C@@H](NC1)[C@](Cl)(C(=O)OC)C2. The van der Waals surface area contributed by atoms with Crippen LogP contribution >= 0.6 is 11.6 Å². The Kier molecular flexibility index (Phi) is 2.55. The topological polar surface area (TPSA) is 38.3 Å². The van der Waals surface area contributed by atoms with E-state index in [2.05, 4.69) is 18.3 Å². The molecular weight excluding hydrogens is 214 g/mol. The molecule has 2 heterocycles. The summed E-state index contributed by atoms with van der Waals surface area (Å²) in [7, 11) is 1.39. The van der Waals surface area contributed by atoms with Gasteiger partial charge in [-0.1, -0.05) is 19.1 Å². The first kappa shape index (κ1) is 11.0. The molecule has 2 aliphatic heterocycles. The molecule has 1 saturated heterocycles. The van der Waals surface area contributed by atoms with E-state index in [-0.39, 0.29) is 17.4 Å². The van der Waals surface area contributed by atoms with Gasteiger partial charge in [0.2, 0.25) is 0 Å². The highest BCUT2D eigenvalue weighted by Crippen LogP contribution is 2.47. The van der Waals surface area contributed by atoms with Crippen LogP contribution in [-0.4, -0.2) is 30.5 Å². The second kappa shape index (κ2) is 3.49. The molecule has 84 valence electrons. The van der Waals surface area contributed by atoms with Gasteiger partial charge in [-0.25, -0.2) is 0 Å². The molecule has 0 amide bonds. The fraction of sp³-hybridized carbons (Fsp3) is 0.727. The molecule has 3 rings (SSSR count). The lowest BCUT2D eigenvalue weighted by molar-refractivity contribution is -0.146. The summed E-state index contributed by atoms with van der Waals surface area (Å²) >= 11 is 6.40. The Hall–Kier alpha value is -0.540. The van der Waals surface area contributed by atoms with Crippen LogP contribution in [0, 0.1) is 5.41 Å². The highest BCUT2D eigenvalue weighted by Gasteiger charge is 2.55. The summed E-state index contributed by atoms with van der Waals surface area (Å²) in [4.78, 5) is 10.8. The van der Waals surface area contributed by atoms with Crippen molar-refractivity contribution < 1.29 is 9.53 Å². The Morgan fingerprint density at radius 2 is 2.47 bits per heavy atom. The van der Waals surface area contributed by atoms with Crippen LogP contribution in [0.3, 0.4) is 0 Å². The molecule has 15 heavy (non-hydrogen) atoms. The van der Waals surface area contributed by atoms with E-state index in [1.54, 1.807) is 0 Å². The van der Waals surface area contributed by atoms with Gasteiger partial charge in [0.25, 0.3) is 0 Å². The molecule has 1 fully saturated rings. The smallest absolute Gasteiger partial charge is 0.328 e. The third-order valence-corrected chi connectivity index (χ3v) is 4.17. The van der Waals surface area contributed by atoms with Gasteiger partial charge in [-0.15, -0.1) is 11.6 Å². The highest BCUT2D eigenvalue weighted by atomic mass is 35.5. The van der Waals surface area contributed by atoms with Crippen molar-refractivity contribution in [2.45, 2.75) is 30.7 Å². The minimum atomic E-state index is -0.919. The van der Waals surface area contributed by atoms with E-state index in [1.165, 1.54) is 7.11 Å². The number of rotatable bonds is 2. The minimum absolute atomic E-state index is 0.0185. The van der Waals surface area contributed by atoms with E-state index in [4.69, 9.17) is 16.3 Å². The second-order valence-electron chi connectivity index (χ2n) is 4.46. The lowest BCUT2D eigenvalue weighted by Crippen LogP contribution is -2.63. The van der Waals surface area contributed by atoms with E-state index >= 15 is 0 Å². The Morgan fingerprint density at radius 1 is 1.73 bits per heavy atom. The van der Waals surface area contributed by atoms with Gasteiger partial charge in [0.05, 0.1) is 13.2 Å². The summed E-state index contributed by atoms with van der Waals surface area (Å²) in [5, 5.41) is 3.30. The van der Waals surface area contributed by atoms with E-state index in [0.29, 0.717) is 6.42 Å². The standard InChI is InChI=1S/C11H16ClNO2/c1-3-10-5-4-8(13-7-10)11(12,6-10)9(14)15-2/h4-5,8,13H,3,6-7H2,1-2H3/t8-,10+,11+/m1/s1. The monoisotopic (exact) mass is 229 g/mol. The van der Waals surface area contributed by atoms with Crippen molar-refractivity contribution in [1.82, 2.24) is 5.32 Å². The van der Waals surface area contributed by atoms with Crippen molar-refractivity contribution in [2.75, 3.05) is 13.7 Å². The average molecular weight is 230 g/mol. The van der Waals surface area contributed by atoms with E-state index < -0.39 is 4.87 Å². The van der Waals surface area contributed by atoms with Gasteiger partial charge in [0, 0.05) is 12.0 Å². The molecule has 0 aromatic carbocycles. The average Bonchev–Trinajstić information content (AvgIpc) is 2.29. The maximum atomic E-state index is 11.7. The molecule has 1 N–H and O–H groups in total. The number of hydrogen-bond acceptors (Lipinski definition) is 3. The van der Waals surface area contributed by atoms with Gasteiger partial charge in [0.1, 0.15) is 0 Å². The zero-order chi connectivity index (χ0) is 11.1. The number of esters is 1. The van der Waals surface area contributed by atoms with Crippen molar-refractivity contribution in [3.05, 3.63) is 12.2 Å². The van der Waals surface area contributed by atoms with E-state index in [9.17, 15) is 4.79 Å². The summed E-state index contributed by atoms with van der Waals surface area (Å²) in [5.41, 5.74) is 0.0185. The molecule has 0 radical (unpaired) electrons. The number of carbonyl (C=O) groups is 1. The number of fused-ring (bicyclic) bond motifs is 2. The summed E-state index contributed by atoms with van der Waals surface area (Å²) < 4.78 is 4.79. The van der Waals surface area contributed by atoms with Gasteiger partial charge < -0.3 is 10.1 Å². The summed E-state index contributed by atoms with van der Waals surface area (Å²) in [6.45, 7) is 3.02. The lowest BCUT2D eigenvalue weighted by Gasteiger charge is -2.49. The molecule has 1 aliphatic carbocycles. The molecule has 3 aliphatic rings. The Morgan fingerprint density at radius 3 is 2.93 bits per heavy atom. The molecule has 0 unspecified atom stereocenters. The first-order valence-electron chi connectivity index (χ1n) is 5.26. The molecule has 0 spiro atoms. The second-order valence-corrected chi connectivity index (χ2v) is 5.14. The maximum Gasteiger partial charge on any atom is 0.328 e. The minimum Gasteiger partial charge on any atom is -0.468 e. The van der Waals surface area contributed by atoms with Gasteiger partial charge >= 0.3 is 5.97 Å². The van der Waals surface area contributed by atoms with Crippen molar-refractivity contribution in [3.8, 4) is 0 Å². The van der Waals surface area contributed by atoms with Crippen LogP contribution in [-0.2, 0) is 9.53 Å². The zero-order valence-electron chi connectivity index (χ0n) is 9.05. The molecule has 4 heteroatoms. The Labute approximate surface area is 94.8 Å². The van der Waals surface area contributed by atoms with Crippen LogP contribution in [0.5, 0.6) is 0 Å². The van der Waals surface area contributed by atoms with Gasteiger partial charge in [-0.2, -0.15) is 0 Å². The van der Waals surface area contributed by atoms with Gasteiger partial charge in [-0.3, -0.25) is 4.79 Å². The van der Waals surface area contributed by atoms with E-state index in [0.717, 1.165) is 13.0 Å². The first-order chi connectivity index (χ1) is 7.06. The van der Waals surface area contributed by atoms with Crippen LogP contribution in [0.15, 0.2) is 12.2 Å². The fourth-order valence-corrected chi connectivity index (χ4v) is 3.03. The Balaban J connectivity index is 2.32. The molecule has 3 nitrogen and oxygen atoms in total.